The monoisotopic (exact) mass is 322 g/mol. The van der Waals surface area contributed by atoms with Crippen LogP contribution >= 0.6 is 11.6 Å². The number of aromatic nitrogens is 2. The van der Waals surface area contributed by atoms with Gasteiger partial charge in [0, 0.05) is 16.7 Å². The molecule has 0 saturated heterocycles. The molecule has 0 atom stereocenters. The molecule has 1 aromatic heterocycles. The van der Waals surface area contributed by atoms with Crippen LogP contribution in [-0.4, -0.2) is 34.5 Å². The van der Waals surface area contributed by atoms with Gasteiger partial charge in [-0.05, 0) is 31.4 Å². The van der Waals surface area contributed by atoms with Crippen LogP contribution in [0.1, 0.15) is 29.8 Å². The second-order valence-corrected chi connectivity index (χ2v) is 5.56. The normalized spacial score (nSPS) is 14.5. The molecule has 1 aliphatic carbocycles. The molecular weight excluding hydrogens is 308 g/mol. The van der Waals surface area contributed by atoms with Gasteiger partial charge < -0.3 is 14.6 Å². The summed E-state index contributed by atoms with van der Waals surface area (Å²) < 4.78 is 11.3. The van der Waals surface area contributed by atoms with Gasteiger partial charge in [-0.25, -0.2) is 4.79 Å². The van der Waals surface area contributed by atoms with Crippen LogP contribution in [0.15, 0.2) is 18.2 Å². The molecule has 1 saturated carbocycles. The topological polar surface area (TPSA) is 84.4 Å². The Labute approximate surface area is 132 Å². The van der Waals surface area contributed by atoms with Gasteiger partial charge in [-0.3, -0.25) is 5.10 Å². The van der Waals surface area contributed by atoms with Crippen molar-refractivity contribution in [2.75, 3.05) is 7.11 Å². The van der Waals surface area contributed by atoms with Crippen molar-refractivity contribution in [1.29, 1.82) is 0 Å². The largest absolute Gasteiger partial charge is 0.493 e. The van der Waals surface area contributed by atoms with E-state index in [1.807, 2.05) is 0 Å². The van der Waals surface area contributed by atoms with Gasteiger partial charge in [-0.2, -0.15) is 5.10 Å². The number of carboxylic acid groups (broad SMARTS) is 1. The summed E-state index contributed by atoms with van der Waals surface area (Å²) in [5.41, 5.74) is 1.07. The minimum Gasteiger partial charge on any atom is -0.493 e. The van der Waals surface area contributed by atoms with Crippen LogP contribution in [0.4, 0.5) is 0 Å². The van der Waals surface area contributed by atoms with Gasteiger partial charge in [-0.1, -0.05) is 11.6 Å². The molecule has 116 valence electrons. The minimum absolute atomic E-state index is 0.00327. The van der Waals surface area contributed by atoms with Crippen molar-refractivity contribution in [3.8, 4) is 22.8 Å². The van der Waals surface area contributed by atoms with Crippen LogP contribution in [0.3, 0.4) is 0 Å². The summed E-state index contributed by atoms with van der Waals surface area (Å²) in [5.74, 6) is -0.0245. The first-order chi connectivity index (χ1) is 10.6. The maximum absolute atomic E-state index is 11.0. The predicted molar refractivity (Wildman–Crippen MR) is 80.8 cm³/mol. The first kappa shape index (κ1) is 14.7. The van der Waals surface area contributed by atoms with Crippen LogP contribution in [0, 0.1) is 0 Å². The standard InChI is InChI=1S/C15H15ClN2O4/c1-21-13-6-8(16)5-10(14(13)22-9-3-2-4-9)11-7-12(15(19)20)18-17-11/h5-7,9H,2-4H2,1H3,(H,17,18)(H,19,20). The lowest BCUT2D eigenvalue weighted by Crippen LogP contribution is -2.25. The van der Waals surface area contributed by atoms with E-state index in [-0.39, 0.29) is 11.8 Å². The van der Waals surface area contributed by atoms with Gasteiger partial charge in [0.05, 0.1) is 18.9 Å². The molecule has 0 bridgehead atoms. The van der Waals surface area contributed by atoms with Crippen molar-refractivity contribution in [2.45, 2.75) is 25.4 Å². The number of carbonyl (C=O) groups is 1. The van der Waals surface area contributed by atoms with Crippen molar-refractivity contribution in [2.24, 2.45) is 0 Å². The number of aromatic carboxylic acids is 1. The lowest BCUT2D eigenvalue weighted by Gasteiger charge is -2.28. The van der Waals surface area contributed by atoms with Gasteiger partial charge in [-0.15, -0.1) is 0 Å². The Morgan fingerprint density at radius 3 is 2.73 bits per heavy atom. The Morgan fingerprint density at radius 1 is 1.41 bits per heavy atom. The first-order valence-electron chi connectivity index (χ1n) is 6.91. The van der Waals surface area contributed by atoms with Crippen LogP contribution in [0.5, 0.6) is 11.5 Å². The number of hydrogen-bond acceptors (Lipinski definition) is 4. The summed E-state index contributed by atoms with van der Waals surface area (Å²) in [6.07, 6.45) is 3.27. The van der Waals surface area contributed by atoms with E-state index in [2.05, 4.69) is 10.2 Å². The molecule has 2 N–H and O–H groups in total. The zero-order valence-electron chi connectivity index (χ0n) is 11.9. The third-order valence-electron chi connectivity index (χ3n) is 3.66. The number of halogens is 1. The molecule has 0 radical (unpaired) electrons. The quantitative estimate of drug-likeness (QED) is 0.881. The molecule has 0 aliphatic heterocycles. The lowest BCUT2D eigenvalue weighted by atomic mass is 9.96. The zero-order chi connectivity index (χ0) is 15.7. The van der Waals surface area contributed by atoms with Gasteiger partial charge >= 0.3 is 5.97 Å². The van der Waals surface area contributed by atoms with Crippen LogP contribution < -0.4 is 9.47 Å². The van der Waals surface area contributed by atoms with Gasteiger partial charge in [0.1, 0.15) is 5.69 Å². The SMILES string of the molecule is COc1cc(Cl)cc(-c2cc(C(=O)O)[nH]n2)c1OC1CCC1. The highest BCUT2D eigenvalue weighted by Crippen LogP contribution is 2.42. The van der Waals surface area contributed by atoms with E-state index in [1.54, 1.807) is 12.1 Å². The number of benzene rings is 1. The van der Waals surface area contributed by atoms with E-state index in [4.69, 9.17) is 26.2 Å². The Hall–Kier alpha value is -2.21. The maximum Gasteiger partial charge on any atom is 0.353 e. The molecular formula is C15H15ClN2O4. The molecule has 2 aromatic rings. The third kappa shape index (κ3) is 2.74. The summed E-state index contributed by atoms with van der Waals surface area (Å²) in [6, 6.07) is 4.81. The Balaban J connectivity index is 2.06. The second kappa shape index (κ2) is 5.88. The highest BCUT2D eigenvalue weighted by Gasteiger charge is 2.25. The molecule has 7 heteroatoms. The molecule has 1 heterocycles. The molecule has 0 spiro atoms. The van der Waals surface area contributed by atoms with Crippen molar-refractivity contribution in [3.63, 3.8) is 0 Å². The Kier molecular flexibility index (Phi) is 3.94. The van der Waals surface area contributed by atoms with Gasteiger partial charge in [0.2, 0.25) is 0 Å². The number of ether oxygens (including phenoxy) is 2. The average Bonchev–Trinajstić information content (AvgIpc) is 2.92. The average molecular weight is 323 g/mol. The summed E-state index contributed by atoms with van der Waals surface area (Å²) in [4.78, 5) is 11.0. The maximum atomic E-state index is 11.0. The molecule has 0 unspecified atom stereocenters. The zero-order valence-corrected chi connectivity index (χ0v) is 12.7. The fraction of sp³-hybridized carbons (Fsp3) is 0.333. The van der Waals surface area contributed by atoms with Crippen molar-refractivity contribution >= 4 is 17.6 Å². The van der Waals surface area contributed by atoms with E-state index in [0.717, 1.165) is 19.3 Å². The molecule has 1 aliphatic rings. The minimum atomic E-state index is -1.07. The van der Waals surface area contributed by atoms with Gasteiger partial charge in [0.15, 0.2) is 11.5 Å². The number of methoxy groups -OCH3 is 1. The summed E-state index contributed by atoms with van der Waals surface area (Å²) in [5, 5.41) is 16.0. The van der Waals surface area contributed by atoms with Crippen molar-refractivity contribution < 1.29 is 19.4 Å². The molecule has 1 fully saturated rings. The molecule has 3 rings (SSSR count). The first-order valence-corrected chi connectivity index (χ1v) is 7.29. The molecule has 1 aromatic carbocycles. The van der Waals surface area contributed by atoms with Crippen LogP contribution in [-0.2, 0) is 0 Å². The van der Waals surface area contributed by atoms with Crippen molar-refractivity contribution in [3.05, 3.63) is 28.9 Å². The van der Waals surface area contributed by atoms with Crippen molar-refractivity contribution in [1.82, 2.24) is 10.2 Å². The number of H-pyrrole nitrogens is 1. The lowest BCUT2D eigenvalue weighted by molar-refractivity contribution is 0.0690. The summed E-state index contributed by atoms with van der Waals surface area (Å²) in [6.45, 7) is 0. The van der Waals surface area contributed by atoms with E-state index in [0.29, 0.717) is 27.8 Å². The summed E-state index contributed by atoms with van der Waals surface area (Å²) >= 11 is 6.11. The van der Waals surface area contributed by atoms with E-state index in [1.165, 1.54) is 13.2 Å². The number of nitrogens with zero attached hydrogens (tertiary/aromatic N) is 1. The Bertz CT molecular complexity index is 710. The predicted octanol–water partition coefficient (Wildman–Crippen LogP) is 3.37. The third-order valence-corrected chi connectivity index (χ3v) is 3.88. The van der Waals surface area contributed by atoms with Crippen LogP contribution in [0.25, 0.3) is 11.3 Å². The molecule has 0 amide bonds. The van der Waals surface area contributed by atoms with E-state index < -0.39 is 5.97 Å². The van der Waals surface area contributed by atoms with Gasteiger partial charge in [0.25, 0.3) is 0 Å². The molecule has 22 heavy (non-hydrogen) atoms. The smallest absolute Gasteiger partial charge is 0.353 e. The number of carboxylic acids is 1. The van der Waals surface area contributed by atoms with E-state index >= 15 is 0 Å². The second-order valence-electron chi connectivity index (χ2n) is 5.13. The van der Waals surface area contributed by atoms with Crippen LogP contribution in [0.2, 0.25) is 5.02 Å². The highest BCUT2D eigenvalue weighted by atomic mass is 35.5. The Morgan fingerprint density at radius 2 is 2.18 bits per heavy atom. The fourth-order valence-electron chi connectivity index (χ4n) is 2.26. The number of nitrogens with one attached hydrogen (secondary N) is 1. The summed E-state index contributed by atoms with van der Waals surface area (Å²) in [7, 11) is 1.54. The van der Waals surface area contributed by atoms with E-state index in [9.17, 15) is 4.79 Å². The number of aromatic amines is 1. The fourth-order valence-corrected chi connectivity index (χ4v) is 2.46. The molecule has 6 nitrogen and oxygen atoms in total. The number of rotatable bonds is 5. The number of hydrogen-bond donors (Lipinski definition) is 2. The highest BCUT2D eigenvalue weighted by molar-refractivity contribution is 6.31.